The Balaban J connectivity index is 2.14. The Hall–Kier alpha value is -2.93. The molecule has 10 nitrogen and oxygen atoms in total. The van der Waals surface area contributed by atoms with Crippen molar-refractivity contribution >= 4 is 33.5 Å². The number of hydrogen-bond acceptors (Lipinski definition) is 6. The number of aliphatic imine (C=N–C) groups is 1. The Morgan fingerprint density at radius 1 is 1.23 bits per heavy atom. The number of sulfonamides is 1. The van der Waals surface area contributed by atoms with E-state index in [0.29, 0.717) is 10.8 Å². The summed E-state index contributed by atoms with van der Waals surface area (Å²) in [6.07, 6.45) is 0.212. The van der Waals surface area contributed by atoms with Gasteiger partial charge < -0.3 is 16.2 Å². The number of halogens is 2. The highest BCUT2D eigenvalue weighted by molar-refractivity contribution is 7.89. The standard InChI is InChI=1S/C18H21ClFN5O5S/c19-11-3-5-12(6-4-11)30-16-8-7-13(10-14(16)20)31(28,29)25-15(17(26)24-27)2-1-9-23-18(21)22/h3-8,10,15,25,27H,1-2,9H2,(H,24,26)(H4,21,22,23)/t15-/m1/s1. The van der Waals surface area contributed by atoms with Crippen LogP contribution in [0, 0.1) is 5.82 Å². The summed E-state index contributed by atoms with van der Waals surface area (Å²) in [7, 11) is -4.31. The first-order chi connectivity index (χ1) is 14.6. The average molecular weight is 474 g/mol. The number of carbonyl (C=O) groups is 1. The van der Waals surface area contributed by atoms with Gasteiger partial charge in [-0.3, -0.25) is 15.0 Å². The third-order valence-corrected chi connectivity index (χ3v) is 5.65. The minimum Gasteiger partial charge on any atom is -0.454 e. The molecule has 0 heterocycles. The van der Waals surface area contributed by atoms with Crippen molar-refractivity contribution in [2.75, 3.05) is 6.54 Å². The van der Waals surface area contributed by atoms with Crippen molar-refractivity contribution in [3.8, 4) is 11.5 Å². The number of amides is 1. The lowest BCUT2D eigenvalue weighted by Crippen LogP contribution is -2.45. The molecular formula is C18H21ClFN5O5S. The van der Waals surface area contributed by atoms with Crippen LogP contribution in [-0.2, 0) is 14.8 Å². The van der Waals surface area contributed by atoms with Crippen LogP contribution in [0.5, 0.6) is 11.5 Å². The fourth-order valence-corrected chi connectivity index (χ4v) is 3.81. The van der Waals surface area contributed by atoms with Gasteiger partial charge in [0.25, 0.3) is 5.91 Å². The zero-order chi connectivity index (χ0) is 23.0. The predicted octanol–water partition coefficient (Wildman–Crippen LogP) is 1.48. The van der Waals surface area contributed by atoms with Crippen molar-refractivity contribution in [1.82, 2.24) is 10.2 Å². The van der Waals surface area contributed by atoms with Crippen molar-refractivity contribution in [2.24, 2.45) is 16.5 Å². The maximum Gasteiger partial charge on any atom is 0.261 e. The van der Waals surface area contributed by atoms with Gasteiger partial charge in [-0.15, -0.1) is 0 Å². The van der Waals surface area contributed by atoms with Crippen LogP contribution in [0.4, 0.5) is 4.39 Å². The molecule has 0 saturated carbocycles. The lowest BCUT2D eigenvalue weighted by atomic mass is 10.1. The van der Waals surface area contributed by atoms with Gasteiger partial charge in [-0.2, -0.15) is 4.72 Å². The van der Waals surface area contributed by atoms with Crippen LogP contribution in [-0.4, -0.2) is 38.1 Å². The summed E-state index contributed by atoms with van der Waals surface area (Å²) in [5, 5.41) is 9.34. The summed E-state index contributed by atoms with van der Waals surface area (Å²) in [4.78, 5) is 15.1. The van der Waals surface area contributed by atoms with E-state index in [2.05, 4.69) is 9.71 Å². The Morgan fingerprint density at radius 2 is 1.90 bits per heavy atom. The number of guanidine groups is 1. The molecule has 0 aliphatic heterocycles. The maximum absolute atomic E-state index is 14.4. The molecule has 0 fully saturated rings. The van der Waals surface area contributed by atoms with Crippen LogP contribution in [0.1, 0.15) is 12.8 Å². The van der Waals surface area contributed by atoms with E-state index in [0.717, 1.165) is 18.2 Å². The molecule has 2 aromatic carbocycles. The van der Waals surface area contributed by atoms with E-state index < -0.39 is 32.7 Å². The molecule has 0 spiro atoms. The van der Waals surface area contributed by atoms with E-state index in [9.17, 15) is 17.6 Å². The van der Waals surface area contributed by atoms with E-state index in [1.807, 2.05) is 0 Å². The van der Waals surface area contributed by atoms with Gasteiger partial charge in [-0.25, -0.2) is 18.3 Å². The number of ether oxygens (including phenoxy) is 1. The number of rotatable bonds is 10. The van der Waals surface area contributed by atoms with Gasteiger partial charge in [-0.05, 0) is 55.3 Å². The molecular weight excluding hydrogens is 453 g/mol. The number of nitrogens with two attached hydrogens (primary N) is 2. The molecule has 2 rings (SSSR count). The molecule has 1 atom stereocenters. The second-order valence-corrected chi connectivity index (χ2v) is 8.40. The second kappa shape index (κ2) is 10.9. The number of hydrogen-bond donors (Lipinski definition) is 5. The minimum atomic E-state index is -4.31. The van der Waals surface area contributed by atoms with E-state index >= 15 is 0 Å². The molecule has 0 unspecified atom stereocenters. The number of nitrogens with zero attached hydrogens (tertiary/aromatic N) is 1. The van der Waals surface area contributed by atoms with E-state index in [1.54, 1.807) is 12.1 Å². The van der Waals surface area contributed by atoms with Crippen molar-refractivity contribution in [3.05, 3.63) is 53.3 Å². The first-order valence-corrected chi connectivity index (χ1v) is 10.7. The molecule has 31 heavy (non-hydrogen) atoms. The van der Waals surface area contributed by atoms with Gasteiger partial charge >= 0.3 is 0 Å². The first-order valence-electron chi connectivity index (χ1n) is 8.87. The highest BCUT2D eigenvalue weighted by atomic mass is 35.5. The SMILES string of the molecule is NC(N)=NCCC[C@@H](NS(=O)(=O)c1ccc(Oc2ccc(Cl)cc2)c(F)c1)C(=O)NO. The highest BCUT2D eigenvalue weighted by Crippen LogP contribution is 2.27. The number of nitrogens with one attached hydrogen (secondary N) is 2. The first kappa shape index (κ1) is 24.3. The quantitative estimate of drug-likeness (QED) is 0.114. The molecule has 0 bridgehead atoms. The second-order valence-electron chi connectivity index (χ2n) is 6.25. The number of carbonyl (C=O) groups excluding carboxylic acids is 1. The van der Waals surface area contributed by atoms with Gasteiger partial charge in [0.05, 0.1) is 4.90 Å². The largest absolute Gasteiger partial charge is 0.454 e. The molecule has 0 aliphatic rings. The van der Waals surface area contributed by atoms with Gasteiger partial charge in [-0.1, -0.05) is 11.6 Å². The van der Waals surface area contributed by atoms with Crippen LogP contribution in [0.15, 0.2) is 52.4 Å². The van der Waals surface area contributed by atoms with Crippen molar-refractivity contribution < 1.29 is 27.5 Å². The molecule has 0 saturated heterocycles. The van der Waals surface area contributed by atoms with Crippen molar-refractivity contribution in [1.29, 1.82) is 0 Å². The highest BCUT2D eigenvalue weighted by Gasteiger charge is 2.26. The summed E-state index contributed by atoms with van der Waals surface area (Å²) in [5.74, 6) is -1.98. The van der Waals surface area contributed by atoms with Gasteiger partial charge in [0.1, 0.15) is 11.8 Å². The Morgan fingerprint density at radius 3 is 2.48 bits per heavy atom. The lowest BCUT2D eigenvalue weighted by Gasteiger charge is -2.17. The summed E-state index contributed by atoms with van der Waals surface area (Å²) in [5.41, 5.74) is 11.8. The van der Waals surface area contributed by atoms with Crippen LogP contribution >= 0.6 is 11.6 Å². The zero-order valence-corrected chi connectivity index (χ0v) is 17.7. The Kier molecular flexibility index (Phi) is 8.56. The summed E-state index contributed by atoms with van der Waals surface area (Å²) < 4.78 is 47.1. The van der Waals surface area contributed by atoms with Crippen LogP contribution < -0.4 is 26.4 Å². The zero-order valence-electron chi connectivity index (χ0n) is 16.1. The topological polar surface area (TPSA) is 169 Å². The number of hydroxylamine groups is 1. The van der Waals surface area contributed by atoms with Crippen molar-refractivity contribution in [3.63, 3.8) is 0 Å². The summed E-state index contributed by atoms with van der Waals surface area (Å²) in [6, 6.07) is 7.82. The summed E-state index contributed by atoms with van der Waals surface area (Å²) >= 11 is 5.78. The third-order valence-electron chi connectivity index (χ3n) is 3.92. The Labute approximate surface area is 183 Å². The average Bonchev–Trinajstić information content (AvgIpc) is 2.72. The minimum absolute atomic E-state index is 0.0252. The van der Waals surface area contributed by atoms with Gasteiger partial charge in [0.15, 0.2) is 17.5 Å². The van der Waals surface area contributed by atoms with Gasteiger partial charge in [0, 0.05) is 11.6 Å². The molecule has 168 valence electrons. The lowest BCUT2D eigenvalue weighted by molar-refractivity contribution is -0.131. The van der Waals surface area contributed by atoms with E-state index in [-0.39, 0.29) is 31.1 Å². The molecule has 0 radical (unpaired) electrons. The van der Waals surface area contributed by atoms with Gasteiger partial charge in [0.2, 0.25) is 10.0 Å². The fraction of sp³-hybridized carbons (Fsp3) is 0.222. The molecule has 0 aliphatic carbocycles. The monoisotopic (exact) mass is 473 g/mol. The van der Waals surface area contributed by atoms with Crippen LogP contribution in [0.25, 0.3) is 0 Å². The molecule has 2 aromatic rings. The molecule has 0 aromatic heterocycles. The summed E-state index contributed by atoms with van der Waals surface area (Å²) in [6.45, 7) is 0.143. The smallest absolute Gasteiger partial charge is 0.261 e. The fourth-order valence-electron chi connectivity index (χ4n) is 2.44. The van der Waals surface area contributed by atoms with E-state index in [4.69, 9.17) is 33.0 Å². The van der Waals surface area contributed by atoms with Crippen LogP contribution in [0.3, 0.4) is 0 Å². The molecule has 1 amide bonds. The molecule has 7 N–H and O–H groups in total. The van der Waals surface area contributed by atoms with E-state index in [1.165, 1.54) is 17.6 Å². The normalized spacial score (nSPS) is 12.1. The van der Waals surface area contributed by atoms with Crippen LogP contribution in [0.2, 0.25) is 5.02 Å². The third kappa shape index (κ3) is 7.36. The van der Waals surface area contributed by atoms with Crippen molar-refractivity contribution in [2.45, 2.75) is 23.8 Å². The number of benzene rings is 2. The molecule has 13 heteroatoms. The predicted molar refractivity (Wildman–Crippen MR) is 112 cm³/mol. The Bertz CT molecular complexity index is 1050. The maximum atomic E-state index is 14.4.